The number of likely N-dealkylation sites (tertiary alicyclic amines) is 1. The molecule has 0 radical (unpaired) electrons. The lowest BCUT2D eigenvalue weighted by molar-refractivity contribution is -0.138. The van der Waals surface area contributed by atoms with E-state index >= 15 is 0 Å². The SMILES string of the molecule is COCC1=CCN(C(=O)N2CCC(CC(=O)O)C2)CC1. The summed E-state index contributed by atoms with van der Waals surface area (Å²) in [4.78, 5) is 26.6. The number of ether oxygens (including phenoxy) is 1. The van der Waals surface area contributed by atoms with Gasteiger partial charge in [0.25, 0.3) is 0 Å². The van der Waals surface area contributed by atoms with Crippen LogP contribution in [-0.4, -0.2) is 66.8 Å². The molecule has 2 amide bonds. The fourth-order valence-corrected chi connectivity index (χ4v) is 2.82. The topological polar surface area (TPSA) is 70.1 Å². The zero-order chi connectivity index (χ0) is 14.5. The minimum absolute atomic E-state index is 0.0330. The first-order valence-corrected chi connectivity index (χ1v) is 7.02. The van der Waals surface area contributed by atoms with Crippen molar-refractivity contribution < 1.29 is 19.4 Å². The van der Waals surface area contributed by atoms with Crippen molar-refractivity contribution in [3.05, 3.63) is 11.6 Å². The van der Waals surface area contributed by atoms with E-state index in [1.165, 1.54) is 5.57 Å². The lowest BCUT2D eigenvalue weighted by atomic mass is 10.1. The predicted octanol–water partition coefficient (Wildman–Crippen LogP) is 1.18. The van der Waals surface area contributed by atoms with E-state index < -0.39 is 5.97 Å². The van der Waals surface area contributed by atoms with E-state index in [0.29, 0.717) is 32.8 Å². The van der Waals surface area contributed by atoms with Crippen LogP contribution < -0.4 is 0 Å². The first-order valence-electron chi connectivity index (χ1n) is 7.02. The third-order valence-corrected chi connectivity index (χ3v) is 3.92. The molecule has 0 saturated carbocycles. The first-order chi connectivity index (χ1) is 9.60. The summed E-state index contributed by atoms with van der Waals surface area (Å²) in [6.07, 6.45) is 3.85. The van der Waals surface area contributed by atoms with E-state index in [-0.39, 0.29) is 18.4 Å². The Kier molecular flexibility index (Phi) is 5.00. The summed E-state index contributed by atoms with van der Waals surface area (Å²) in [7, 11) is 1.67. The Morgan fingerprint density at radius 3 is 2.80 bits per heavy atom. The average Bonchev–Trinajstić information content (AvgIpc) is 2.87. The number of carboxylic acid groups (broad SMARTS) is 1. The Bertz CT molecular complexity index is 408. The van der Waals surface area contributed by atoms with Gasteiger partial charge in [-0.2, -0.15) is 0 Å². The van der Waals surface area contributed by atoms with E-state index in [0.717, 1.165) is 12.8 Å². The Hall–Kier alpha value is -1.56. The van der Waals surface area contributed by atoms with Crippen molar-refractivity contribution in [2.45, 2.75) is 19.3 Å². The third-order valence-electron chi connectivity index (χ3n) is 3.92. The van der Waals surface area contributed by atoms with Gasteiger partial charge < -0.3 is 19.6 Å². The molecule has 1 unspecified atom stereocenters. The highest BCUT2D eigenvalue weighted by atomic mass is 16.5. The number of urea groups is 1. The van der Waals surface area contributed by atoms with Crippen molar-refractivity contribution in [3.63, 3.8) is 0 Å². The van der Waals surface area contributed by atoms with Crippen LogP contribution in [0.2, 0.25) is 0 Å². The molecule has 0 aromatic rings. The number of hydrogen-bond donors (Lipinski definition) is 1. The van der Waals surface area contributed by atoms with Gasteiger partial charge >= 0.3 is 12.0 Å². The van der Waals surface area contributed by atoms with Crippen LogP contribution in [-0.2, 0) is 9.53 Å². The third kappa shape index (κ3) is 3.72. The molecule has 2 aliphatic heterocycles. The van der Waals surface area contributed by atoms with E-state index in [1.807, 2.05) is 4.90 Å². The van der Waals surface area contributed by atoms with Gasteiger partial charge in [0.05, 0.1) is 6.61 Å². The lowest BCUT2D eigenvalue weighted by Crippen LogP contribution is -2.44. The standard InChI is InChI=1S/C14H22N2O4/c1-20-10-11-2-5-15(6-3-11)14(19)16-7-4-12(9-16)8-13(17)18/h2,12H,3-10H2,1H3,(H,17,18). The summed E-state index contributed by atoms with van der Waals surface area (Å²) in [5.41, 5.74) is 1.24. The Morgan fingerprint density at radius 1 is 1.40 bits per heavy atom. The number of methoxy groups -OCH3 is 1. The number of amides is 2. The Morgan fingerprint density at radius 2 is 2.20 bits per heavy atom. The lowest BCUT2D eigenvalue weighted by Gasteiger charge is -2.30. The molecule has 1 saturated heterocycles. The summed E-state index contributed by atoms with van der Waals surface area (Å²) in [6, 6.07) is 0.0330. The van der Waals surface area contributed by atoms with Crippen LogP contribution in [0.4, 0.5) is 4.79 Å². The van der Waals surface area contributed by atoms with Crippen LogP contribution in [0.3, 0.4) is 0 Å². The highest BCUT2D eigenvalue weighted by Crippen LogP contribution is 2.22. The zero-order valence-corrected chi connectivity index (χ0v) is 11.9. The summed E-state index contributed by atoms with van der Waals surface area (Å²) >= 11 is 0. The number of carboxylic acids is 1. The van der Waals surface area contributed by atoms with E-state index in [1.54, 1.807) is 12.0 Å². The summed E-state index contributed by atoms with van der Waals surface area (Å²) in [5.74, 6) is -0.685. The molecule has 6 nitrogen and oxygen atoms in total. The van der Waals surface area contributed by atoms with Crippen molar-refractivity contribution in [1.82, 2.24) is 9.80 Å². The van der Waals surface area contributed by atoms with Gasteiger partial charge in [-0.1, -0.05) is 6.08 Å². The molecule has 20 heavy (non-hydrogen) atoms. The monoisotopic (exact) mass is 282 g/mol. The maximum atomic E-state index is 12.3. The molecule has 0 aromatic carbocycles. The fourth-order valence-electron chi connectivity index (χ4n) is 2.82. The molecule has 112 valence electrons. The molecule has 6 heteroatoms. The van der Waals surface area contributed by atoms with Gasteiger partial charge in [-0.05, 0) is 24.3 Å². The number of hydrogen-bond acceptors (Lipinski definition) is 3. The molecule has 1 fully saturated rings. The van der Waals surface area contributed by atoms with E-state index in [2.05, 4.69) is 6.08 Å². The van der Waals surface area contributed by atoms with Gasteiger partial charge in [0.1, 0.15) is 0 Å². The predicted molar refractivity (Wildman–Crippen MR) is 73.5 cm³/mol. The second kappa shape index (κ2) is 6.74. The van der Waals surface area contributed by atoms with Crippen molar-refractivity contribution in [3.8, 4) is 0 Å². The molecular formula is C14H22N2O4. The van der Waals surface area contributed by atoms with Crippen molar-refractivity contribution in [2.75, 3.05) is 39.9 Å². The number of carbonyl (C=O) groups is 2. The summed E-state index contributed by atoms with van der Waals surface area (Å²) < 4.78 is 5.09. The second-order valence-corrected chi connectivity index (χ2v) is 5.47. The summed E-state index contributed by atoms with van der Waals surface area (Å²) in [6.45, 7) is 3.20. The minimum atomic E-state index is -0.783. The molecule has 0 aliphatic carbocycles. The molecule has 0 aromatic heterocycles. The van der Waals surface area contributed by atoms with E-state index in [9.17, 15) is 9.59 Å². The highest BCUT2D eigenvalue weighted by molar-refractivity contribution is 5.75. The molecule has 2 aliphatic rings. The largest absolute Gasteiger partial charge is 0.481 e. The maximum Gasteiger partial charge on any atom is 0.320 e. The first kappa shape index (κ1) is 14.8. The molecule has 2 rings (SSSR count). The second-order valence-electron chi connectivity index (χ2n) is 5.47. The molecular weight excluding hydrogens is 260 g/mol. The fraction of sp³-hybridized carbons (Fsp3) is 0.714. The normalized spacial score (nSPS) is 22.9. The molecule has 2 heterocycles. The van der Waals surface area contributed by atoms with Gasteiger partial charge in [-0.25, -0.2) is 4.79 Å². The maximum absolute atomic E-state index is 12.3. The van der Waals surface area contributed by atoms with Gasteiger partial charge in [-0.3, -0.25) is 4.79 Å². The van der Waals surface area contributed by atoms with Crippen LogP contribution in [0, 0.1) is 5.92 Å². The number of aliphatic carboxylic acids is 1. The quantitative estimate of drug-likeness (QED) is 0.786. The van der Waals surface area contributed by atoms with Gasteiger partial charge in [0, 0.05) is 39.7 Å². The van der Waals surface area contributed by atoms with Crippen LogP contribution in [0.25, 0.3) is 0 Å². The van der Waals surface area contributed by atoms with Crippen LogP contribution >= 0.6 is 0 Å². The molecule has 1 atom stereocenters. The van der Waals surface area contributed by atoms with Gasteiger partial charge in [0.2, 0.25) is 0 Å². The van der Waals surface area contributed by atoms with Crippen LogP contribution in [0.5, 0.6) is 0 Å². The van der Waals surface area contributed by atoms with E-state index in [4.69, 9.17) is 9.84 Å². The van der Waals surface area contributed by atoms with Gasteiger partial charge in [0.15, 0.2) is 0 Å². The highest BCUT2D eigenvalue weighted by Gasteiger charge is 2.30. The average molecular weight is 282 g/mol. The molecule has 0 bridgehead atoms. The Labute approximate surface area is 119 Å². The number of nitrogens with zero attached hydrogens (tertiary/aromatic N) is 2. The molecule has 1 N–H and O–H groups in total. The number of carbonyl (C=O) groups excluding carboxylic acids is 1. The Balaban J connectivity index is 1.83. The zero-order valence-electron chi connectivity index (χ0n) is 11.9. The molecule has 0 spiro atoms. The van der Waals surface area contributed by atoms with Crippen molar-refractivity contribution >= 4 is 12.0 Å². The van der Waals surface area contributed by atoms with Gasteiger partial charge in [-0.15, -0.1) is 0 Å². The minimum Gasteiger partial charge on any atom is -0.481 e. The number of rotatable bonds is 4. The smallest absolute Gasteiger partial charge is 0.320 e. The van der Waals surface area contributed by atoms with Crippen molar-refractivity contribution in [1.29, 1.82) is 0 Å². The summed E-state index contributed by atoms with van der Waals surface area (Å²) in [5, 5.41) is 8.79. The van der Waals surface area contributed by atoms with Crippen LogP contribution in [0.1, 0.15) is 19.3 Å². The van der Waals surface area contributed by atoms with Crippen LogP contribution in [0.15, 0.2) is 11.6 Å². The van der Waals surface area contributed by atoms with Crippen molar-refractivity contribution in [2.24, 2.45) is 5.92 Å².